The van der Waals surface area contributed by atoms with Crippen molar-refractivity contribution in [3.05, 3.63) is 120 Å². The number of benzene rings is 4. The van der Waals surface area contributed by atoms with Gasteiger partial charge in [-0.3, -0.25) is 0 Å². The molecule has 0 radical (unpaired) electrons. The molecule has 1 heterocycles. The molecular weight excluding hydrogens is 487 g/mol. The van der Waals surface area contributed by atoms with Crippen LogP contribution in [-0.2, 0) is 19.6 Å². The van der Waals surface area contributed by atoms with E-state index in [9.17, 15) is 0 Å². The average Bonchev–Trinajstić information content (AvgIpc) is 3.25. The van der Waals surface area contributed by atoms with Crippen molar-refractivity contribution >= 4 is 10.9 Å². The molecule has 200 valence electrons. The predicted octanol–water partition coefficient (Wildman–Crippen LogP) is 7.63. The molecule has 5 aromatic rings. The second-order valence-electron chi connectivity index (χ2n) is 9.72. The lowest BCUT2D eigenvalue weighted by Crippen LogP contribution is -2.17. The summed E-state index contributed by atoms with van der Waals surface area (Å²) in [7, 11) is 1.62. The van der Waals surface area contributed by atoms with Gasteiger partial charge in [-0.25, -0.2) is 4.39 Å². The SMILES string of the molecule is CCCNCCc1ccc(Cn2c(-c3ccccc3OC)c(F)c3cc(OCc4ccccc4)ccc32)cc1. The van der Waals surface area contributed by atoms with Gasteiger partial charge in [0.1, 0.15) is 18.1 Å². The van der Waals surface area contributed by atoms with E-state index in [1.807, 2.05) is 71.3 Å². The lowest BCUT2D eigenvalue weighted by molar-refractivity contribution is 0.306. The van der Waals surface area contributed by atoms with Gasteiger partial charge in [0.15, 0.2) is 5.82 Å². The fourth-order valence-electron chi connectivity index (χ4n) is 4.92. The number of hydrogen-bond donors (Lipinski definition) is 1. The first kappa shape index (κ1) is 26.5. The summed E-state index contributed by atoms with van der Waals surface area (Å²) in [6, 6.07) is 31.9. The third-order valence-electron chi connectivity index (χ3n) is 6.96. The molecule has 4 aromatic carbocycles. The summed E-state index contributed by atoms with van der Waals surface area (Å²) in [6.45, 7) is 5.14. The van der Waals surface area contributed by atoms with E-state index < -0.39 is 0 Å². The van der Waals surface area contributed by atoms with Gasteiger partial charge in [0.25, 0.3) is 0 Å². The summed E-state index contributed by atoms with van der Waals surface area (Å²) < 4.78 is 30.0. The van der Waals surface area contributed by atoms with Gasteiger partial charge in [0.2, 0.25) is 0 Å². The minimum atomic E-state index is -0.279. The zero-order chi connectivity index (χ0) is 27.0. The van der Waals surface area contributed by atoms with Crippen molar-refractivity contribution in [3.63, 3.8) is 0 Å². The molecule has 0 aliphatic heterocycles. The van der Waals surface area contributed by atoms with Gasteiger partial charge in [-0.1, -0.05) is 73.7 Å². The predicted molar refractivity (Wildman–Crippen MR) is 157 cm³/mol. The average molecular weight is 523 g/mol. The molecule has 39 heavy (non-hydrogen) atoms. The summed E-state index contributed by atoms with van der Waals surface area (Å²) in [6.07, 6.45) is 2.12. The number of para-hydroxylation sites is 1. The van der Waals surface area contributed by atoms with E-state index in [0.29, 0.717) is 35.7 Å². The van der Waals surface area contributed by atoms with Crippen molar-refractivity contribution in [1.82, 2.24) is 9.88 Å². The van der Waals surface area contributed by atoms with Crippen LogP contribution in [-0.4, -0.2) is 24.8 Å². The monoisotopic (exact) mass is 522 g/mol. The van der Waals surface area contributed by atoms with Gasteiger partial charge in [0.05, 0.1) is 18.3 Å². The fourth-order valence-corrected chi connectivity index (χ4v) is 4.92. The fraction of sp³-hybridized carbons (Fsp3) is 0.235. The Hall–Kier alpha value is -4.09. The lowest BCUT2D eigenvalue weighted by atomic mass is 10.1. The highest BCUT2D eigenvalue weighted by molar-refractivity contribution is 5.90. The molecule has 4 nitrogen and oxygen atoms in total. The molecule has 0 unspecified atom stereocenters. The van der Waals surface area contributed by atoms with E-state index in [1.54, 1.807) is 13.2 Å². The van der Waals surface area contributed by atoms with Crippen molar-refractivity contribution in [1.29, 1.82) is 0 Å². The summed E-state index contributed by atoms with van der Waals surface area (Å²) in [5.41, 5.74) is 5.51. The van der Waals surface area contributed by atoms with E-state index in [0.717, 1.165) is 48.1 Å². The van der Waals surface area contributed by atoms with Gasteiger partial charge >= 0.3 is 0 Å². The Balaban J connectivity index is 1.49. The van der Waals surface area contributed by atoms with Crippen LogP contribution in [0.4, 0.5) is 4.39 Å². The molecule has 0 fully saturated rings. The van der Waals surface area contributed by atoms with Crippen molar-refractivity contribution in [2.45, 2.75) is 32.9 Å². The molecule has 0 saturated carbocycles. The molecule has 0 bridgehead atoms. The summed E-state index contributed by atoms with van der Waals surface area (Å²) >= 11 is 0. The van der Waals surface area contributed by atoms with Crippen molar-refractivity contribution in [2.75, 3.05) is 20.2 Å². The highest BCUT2D eigenvalue weighted by Gasteiger charge is 2.22. The Morgan fingerprint density at radius 2 is 1.54 bits per heavy atom. The summed E-state index contributed by atoms with van der Waals surface area (Å²) in [5.74, 6) is 0.990. The molecule has 0 spiro atoms. The summed E-state index contributed by atoms with van der Waals surface area (Å²) in [5, 5.41) is 3.98. The van der Waals surface area contributed by atoms with Crippen LogP contribution in [0.15, 0.2) is 97.1 Å². The highest BCUT2D eigenvalue weighted by atomic mass is 19.1. The smallest absolute Gasteiger partial charge is 0.157 e. The number of aromatic nitrogens is 1. The molecular formula is C34H35FN2O2. The first-order valence-electron chi connectivity index (χ1n) is 13.6. The number of nitrogens with one attached hydrogen (secondary N) is 1. The molecule has 0 aliphatic carbocycles. The van der Waals surface area contributed by atoms with E-state index >= 15 is 4.39 Å². The Labute approximate surface area is 230 Å². The normalized spacial score (nSPS) is 11.2. The molecule has 1 N–H and O–H groups in total. The van der Waals surface area contributed by atoms with Crippen molar-refractivity contribution in [3.8, 4) is 22.8 Å². The maximum atomic E-state index is 16.3. The molecule has 0 saturated heterocycles. The van der Waals surface area contributed by atoms with Crippen LogP contribution in [0.25, 0.3) is 22.2 Å². The van der Waals surface area contributed by atoms with Gasteiger partial charge in [-0.2, -0.15) is 0 Å². The number of rotatable bonds is 12. The molecule has 0 amide bonds. The third-order valence-corrected chi connectivity index (χ3v) is 6.96. The van der Waals surface area contributed by atoms with Gasteiger partial charge in [-0.05, 0) is 73.0 Å². The second kappa shape index (κ2) is 12.6. The van der Waals surface area contributed by atoms with Crippen LogP contribution in [0.5, 0.6) is 11.5 Å². The van der Waals surface area contributed by atoms with Gasteiger partial charge in [0, 0.05) is 17.5 Å². The number of hydrogen-bond acceptors (Lipinski definition) is 3. The van der Waals surface area contributed by atoms with Crippen molar-refractivity contribution in [2.24, 2.45) is 0 Å². The highest BCUT2D eigenvalue weighted by Crippen LogP contribution is 2.39. The summed E-state index contributed by atoms with van der Waals surface area (Å²) in [4.78, 5) is 0. The van der Waals surface area contributed by atoms with E-state index in [4.69, 9.17) is 9.47 Å². The Morgan fingerprint density at radius 3 is 2.31 bits per heavy atom. The first-order chi connectivity index (χ1) is 19.2. The molecule has 5 rings (SSSR count). The van der Waals surface area contributed by atoms with Crippen LogP contribution >= 0.6 is 0 Å². The van der Waals surface area contributed by atoms with Crippen LogP contribution in [0.1, 0.15) is 30.0 Å². The van der Waals surface area contributed by atoms with Crippen molar-refractivity contribution < 1.29 is 13.9 Å². The molecule has 0 atom stereocenters. The van der Waals surface area contributed by atoms with Gasteiger partial charge < -0.3 is 19.4 Å². The minimum absolute atomic E-state index is 0.279. The standard InChI is InChI=1S/C34H35FN2O2/c1-3-20-36-21-19-25-13-15-26(16-14-25)23-37-31-18-17-28(39-24-27-9-5-4-6-10-27)22-30(31)33(35)34(37)29-11-7-8-12-32(29)38-2/h4-18,22,36H,3,19-21,23-24H2,1-2H3. The lowest BCUT2D eigenvalue weighted by Gasteiger charge is -2.14. The Bertz CT molecular complexity index is 1510. The zero-order valence-electron chi connectivity index (χ0n) is 22.6. The van der Waals surface area contributed by atoms with E-state index in [-0.39, 0.29) is 5.82 Å². The van der Waals surface area contributed by atoms with E-state index in [2.05, 4.69) is 36.5 Å². The van der Waals surface area contributed by atoms with E-state index in [1.165, 1.54) is 5.56 Å². The zero-order valence-corrected chi connectivity index (χ0v) is 22.6. The Morgan fingerprint density at radius 1 is 0.795 bits per heavy atom. The minimum Gasteiger partial charge on any atom is -0.496 e. The first-order valence-corrected chi connectivity index (χ1v) is 13.6. The Kier molecular flexibility index (Phi) is 8.59. The largest absolute Gasteiger partial charge is 0.496 e. The number of nitrogens with zero attached hydrogens (tertiary/aromatic N) is 1. The topological polar surface area (TPSA) is 35.4 Å². The maximum absolute atomic E-state index is 16.3. The van der Waals surface area contributed by atoms with Crippen LogP contribution < -0.4 is 14.8 Å². The third kappa shape index (κ3) is 6.15. The van der Waals surface area contributed by atoms with Gasteiger partial charge in [-0.15, -0.1) is 0 Å². The number of fused-ring (bicyclic) bond motifs is 1. The van der Waals surface area contributed by atoms with Crippen LogP contribution in [0.3, 0.4) is 0 Å². The quantitative estimate of drug-likeness (QED) is 0.171. The second-order valence-corrected chi connectivity index (χ2v) is 9.72. The molecule has 0 aliphatic rings. The molecule has 1 aromatic heterocycles. The maximum Gasteiger partial charge on any atom is 0.157 e. The molecule has 5 heteroatoms. The number of ether oxygens (including phenoxy) is 2. The van der Waals surface area contributed by atoms with Crippen LogP contribution in [0.2, 0.25) is 0 Å². The van der Waals surface area contributed by atoms with Crippen LogP contribution in [0, 0.1) is 5.82 Å². The number of halogens is 1. The number of methoxy groups -OCH3 is 1.